The number of benzene rings is 3. The van der Waals surface area contributed by atoms with E-state index in [1.54, 1.807) is 24.3 Å². The van der Waals surface area contributed by atoms with Crippen LogP contribution in [0, 0.1) is 5.92 Å². The molecule has 7 nitrogen and oxygen atoms in total. The Kier molecular flexibility index (Phi) is 6.75. The number of nitrogens with zero attached hydrogens (tertiary/aromatic N) is 1. The van der Waals surface area contributed by atoms with Crippen LogP contribution in [0.2, 0.25) is 0 Å². The Morgan fingerprint density at radius 1 is 0.824 bits per heavy atom. The zero-order valence-electron chi connectivity index (χ0n) is 18.6. The fourth-order valence-electron chi connectivity index (χ4n) is 4.25. The number of aliphatic hydroxyl groups excluding tert-OH is 1. The summed E-state index contributed by atoms with van der Waals surface area (Å²) < 4.78 is 0. The highest BCUT2D eigenvalue weighted by molar-refractivity contribution is 6.21. The Bertz CT molecular complexity index is 1170. The lowest BCUT2D eigenvalue weighted by Crippen LogP contribution is -2.36. The Labute approximate surface area is 197 Å². The van der Waals surface area contributed by atoms with Gasteiger partial charge in [-0.3, -0.25) is 19.3 Å². The third-order valence-corrected chi connectivity index (χ3v) is 6.25. The number of rotatable bonds is 9. The summed E-state index contributed by atoms with van der Waals surface area (Å²) >= 11 is 0. The van der Waals surface area contributed by atoms with Crippen LogP contribution in [0.3, 0.4) is 0 Å². The van der Waals surface area contributed by atoms with Crippen molar-refractivity contribution in [3.63, 3.8) is 0 Å². The van der Waals surface area contributed by atoms with Gasteiger partial charge < -0.3 is 15.9 Å². The molecule has 0 bridgehead atoms. The second-order valence-electron chi connectivity index (χ2n) is 8.47. The minimum absolute atomic E-state index is 0.0158. The minimum Gasteiger partial charge on any atom is -0.481 e. The smallest absolute Gasteiger partial charge is 0.309 e. The number of aryl methyl sites for hydroxylation is 1. The van der Waals surface area contributed by atoms with Crippen molar-refractivity contribution >= 4 is 23.5 Å². The van der Waals surface area contributed by atoms with Gasteiger partial charge in [-0.25, -0.2) is 0 Å². The highest BCUT2D eigenvalue weighted by Gasteiger charge is 2.36. The molecule has 0 saturated heterocycles. The van der Waals surface area contributed by atoms with Crippen molar-refractivity contribution < 1.29 is 24.6 Å². The van der Waals surface area contributed by atoms with Crippen LogP contribution in [-0.4, -0.2) is 45.5 Å². The first-order chi connectivity index (χ1) is 16.3. The first-order valence-corrected chi connectivity index (χ1v) is 11.2. The van der Waals surface area contributed by atoms with Crippen LogP contribution in [0.1, 0.15) is 39.1 Å². The first-order valence-electron chi connectivity index (χ1n) is 11.2. The highest BCUT2D eigenvalue weighted by Crippen LogP contribution is 2.25. The quantitative estimate of drug-likeness (QED) is 0.333. The molecule has 0 spiro atoms. The molecule has 0 fully saturated rings. The van der Waals surface area contributed by atoms with Crippen LogP contribution in [0.25, 0.3) is 11.1 Å². The zero-order valence-corrected chi connectivity index (χ0v) is 18.6. The van der Waals surface area contributed by atoms with E-state index in [0.29, 0.717) is 23.2 Å². The molecule has 0 aromatic heterocycles. The van der Waals surface area contributed by atoms with Gasteiger partial charge in [0.1, 0.15) is 0 Å². The van der Waals surface area contributed by atoms with Crippen molar-refractivity contribution in [3.05, 3.63) is 89.5 Å². The van der Waals surface area contributed by atoms with Gasteiger partial charge in [-0.15, -0.1) is 0 Å². The van der Waals surface area contributed by atoms with E-state index in [1.165, 1.54) is 0 Å². The second-order valence-corrected chi connectivity index (χ2v) is 8.47. The fraction of sp³-hybridized carbons (Fsp3) is 0.222. The Balaban J connectivity index is 1.34. The molecule has 1 heterocycles. The van der Waals surface area contributed by atoms with Crippen molar-refractivity contribution in [2.75, 3.05) is 12.3 Å². The maximum Gasteiger partial charge on any atom is 0.309 e. The summed E-state index contributed by atoms with van der Waals surface area (Å²) in [6.07, 6.45) is -0.373. The summed E-state index contributed by atoms with van der Waals surface area (Å²) in [5.74, 6) is -3.10. The molecule has 174 valence electrons. The van der Waals surface area contributed by atoms with Gasteiger partial charge in [0.2, 0.25) is 0 Å². The third-order valence-electron chi connectivity index (χ3n) is 6.25. The van der Waals surface area contributed by atoms with E-state index in [2.05, 4.69) is 0 Å². The topological polar surface area (TPSA) is 121 Å². The van der Waals surface area contributed by atoms with Gasteiger partial charge in [-0.05, 0) is 60.2 Å². The fourth-order valence-corrected chi connectivity index (χ4v) is 4.25. The molecule has 2 unspecified atom stereocenters. The van der Waals surface area contributed by atoms with E-state index in [4.69, 9.17) is 5.73 Å². The van der Waals surface area contributed by atoms with Gasteiger partial charge in [0.15, 0.2) is 0 Å². The Morgan fingerprint density at radius 2 is 1.35 bits per heavy atom. The molecule has 0 radical (unpaired) electrons. The monoisotopic (exact) mass is 458 g/mol. The first kappa shape index (κ1) is 23.2. The molecule has 1 aliphatic rings. The van der Waals surface area contributed by atoms with Crippen LogP contribution in [-0.2, 0) is 11.2 Å². The van der Waals surface area contributed by atoms with Crippen LogP contribution in [0.4, 0.5) is 5.69 Å². The maximum absolute atomic E-state index is 12.5. The number of carbonyl (C=O) groups is 3. The molecule has 1 aliphatic heterocycles. The summed E-state index contributed by atoms with van der Waals surface area (Å²) in [6.45, 7) is -0.0589. The van der Waals surface area contributed by atoms with Crippen molar-refractivity contribution in [1.82, 2.24) is 4.90 Å². The van der Waals surface area contributed by atoms with Crippen molar-refractivity contribution in [2.24, 2.45) is 5.92 Å². The molecule has 3 aromatic rings. The number of nitrogens with two attached hydrogens (primary N) is 1. The Morgan fingerprint density at radius 3 is 1.88 bits per heavy atom. The van der Waals surface area contributed by atoms with Crippen LogP contribution in [0.15, 0.2) is 72.8 Å². The number of fused-ring (bicyclic) bond motifs is 1. The summed E-state index contributed by atoms with van der Waals surface area (Å²) in [5.41, 5.74) is 10.1. The van der Waals surface area contributed by atoms with Crippen LogP contribution in [0.5, 0.6) is 0 Å². The predicted molar refractivity (Wildman–Crippen MR) is 128 cm³/mol. The number of carboxylic acids is 1. The molecule has 4 rings (SSSR count). The van der Waals surface area contributed by atoms with Crippen molar-refractivity contribution in [1.29, 1.82) is 0 Å². The van der Waals surface area contributed by atoms with E-state index < -0.39 is 29.8 Å². The lowest BCUT2D eigenvalue weighted by Gasteiger charge is -2.22. The van der Waals surface area contributed by atoms with Gasteiger partial charge in [0.05, 0.1) is 23.1 Å². The van der Waals surface area contributed by atoms with Crippen molar-refractivity contribution in [2.45, 2.75) is 25.4 Å². The Hall–Kier alpha value is -3.97. The highest BCUT2D eigenvalue weighted by atomic mass is 16.4. The van der Waals surface area contributed by atoms with E-state index in [-0.39, 0.29) is 19.4 Å². The molecule has 2 atom stereocenters. The number of carbonyl (C=O) groups excluding carboxylic acids is 2. The van der Waals surface area contributed by atoms with Gasteiger partial charge in [0.25, 0.3) is 11.8 Å². The summed E-state index contributed by atoms with van der Waals surface area (Å²) in [5, 5.41) is 20.2. The van der Waals surface area contributed by atoms with E-state index in [0.717, 1.165) is 21.6 Å². The number of aliphatic hydroxyl groups is 1. The van der Waals surface area contributed by atoms with Gasteiger partial charge in [0, 0.05) is 12.2 Å². The molecule has 7 heteroatoms. The number of anilines is 1. The zero-order chi connectivity index (χ0) is 24.2. The maximum atomic E-state index is 12.5. The van der Waals surface area contributed by atoms with Crippen molar-refractivity contribution in [3.8, 4) is 11.1 Å². The normalized spacial score (nSPS) is 14.7. The average molecular weight is 459 g/mol. The van der Waals surface area contributed by atoms with E-state index in [1.807, 2.05) is 48.5 Å². The number of nitrogen functional groups attached to an aromatic ring is 1. The van der Waals surface area contributed by atoms with E-state index in [9.17, 15) is 24.6 Å². The number of amides is 2. The number of hydrogen-bond acceptors (Lipinski definition) is 5. The second kappa shape index (κ2) is 9.89. The van der Waals surface area contributed by atoms with Crippen LogP contribution >= 0.6 is 0 Å². The number of carboxylic acid groups (broad SMARTS) is 1. The molecule has 0 aliphatic carbocycles. The average Bonchev–Trinajstić information content (AvgIpc) is 3.08. The number of aliphatic carboxylic acids is 1. The molecule has 0 saturated carbocycles. The summed E-state index contributed by atoms with van der Waals surface area (Å²) in [6, 6.07) is 21.9. The predicted octanol–water partition coefficient (Wildman–Crippen LogP) is 3.62. The molecule has 3 aromatic carbocycles. The van der Waals surface area contributed by atoms with E-state index >= 15 is 0 Å². The van der Waals surface area contributed by atoms with Gasteiger partial charge in [-0.2, -0.15) is 0 Å². The number of imide groups is 1. The molecule has 34 heavy (non-hydrogen) atoms. The molecular formula is C27H26N2O5. The summed E-state index contributed by atoms with van der Waals surface area (Å²) in [7, 11) is 0. The molecule has 4 N–H and O–H groups in total. The molecular weight excluding hydrogens is 432 g/mol. The largest absolute Gasteiger partial charge is 0.481 e. The third kappa shape index (κ3) is 4.84. The minimum atomic E-state index is -1.15. The molecule has 2 amide bonds. The SMILES string of the molecule is Nc1ccc(-c2ccc(CCC(O)C(CCN3C(=O)c4ccccc4C3=O)C(=O)O)cc2)cc1. The lowest BCUT2D eigenvalue weighted by atomic mass is 9.93. The van der Waals surface area contributed by atoms with Crippen LogP contribution < -0.4 is 5.73 Å². The lowest BCUT2D eigenvalue weighted by molar-refractivity contribution is -0.146. The van der Waals surface area contributed by atoms with Gasteiger partial charge in [-0.1, -0.05) is 48.5 Å². The summed E-state index contributed by atoms with van der Waals surface area (Å²) in [4.78, 5) is 37.9. The van der Waals surface area contributed by atoms with Gasteiger partial charge >= 0.3 is 5.97 Å². The number of hydrogen-bond donors (Lipinski definition) is 3. The standard InChI is InChI=1S/C27H26N2O5/c28-20-12-10-19(11-13-20)18-8-5-17(6-9-18)7-14-24(30)23(27(33)34)15-16-29-25(31)21-3-1-2-4-22(21)26(29)32/h1-6,8-13,23-24,30H,7,14-16,28H2,(H,33,34).